The van der Waals surface area contributed by atoms with E-state index in [1.807, 2.05) is 4.72 Å². The smallest absolute Gasteiger partial charge is 0.261 e. The van der Waals surface area contributed by atoms with Gasteiger partial charge in [0.1, 0.15) is 17.2 Å². The number of sulfonamides is 1. The Morgan fingerprint density at radius 2 is 2.04 bits per heavy atom. The number of anilines is 3. The van der Waals surface area contributed by atoms with Crippen LogP contribution in [0.3, 0.4) is 0 Å². The van der Waals surface area contributed by atoms with Crippen LogP contribution in [-0.2, 0) is 10.0 Å². The van der Waals surface area contributed by atoms with Crippen LogP contribution in [0.4, 0.5) is 26.0 Å². The molecule has 26 heavy (non-hydrogen) atoms. The third kappa shape index (κ3) is 4.67. The van der Waals surface area contributed by atoms with Gasteiger partial charge in [-0.3, -0.25) is 9.52 Å². The highest BCUT2D eigenvalue weighted by Crippen LogP contribution is 2.25. The Morgan fingerprint density at radius 1 is 1.35 bits per heavy atom. The second kappa shape index (κ2) is 7.96. The predicted octanol–water partition coefficient (Wildman–Crippen LogP) is 3.11. The monoisotopic (exact) mass is 448 g/mol. The molecule has 1 aromatic carbocycles. The average Bonchev–Trinajstić information content (AvgIpc) is 2.54. The largest absolute Gasteiger partial charge is 0.383 e. The summed E-state index contributed by atoms with van der Waals surface area (Å²) >= 11 is 3.12. The van der Waals surface area contributed by atoms with Gasteiger partial charge in [0.05, 0.1) is 27.8 Å². The van der Waals surface area contributed by atoms with Crippen molar-refractivity contribution in [2.45, 2.75) is 13.3 Å². The summed E-state index contributed by atoms with van der Waals surface area (Å²) in [4.78, 5) is 16.0. The van der Waals surface area contributed by atoms with Gasteiger partial charge in [0, 0.05) is 0 Å². The number of pyridine rings is 1. The van der Waals surface area contributed by atoms with Crippen LogP contribution in [-0.4, -0.2) is 25.1 Å². The number of carbonyl (C=O) groups is 1. The van der Waals surface area contributed by atoms with E-state index in [1.54, 1.807) is 6.92 Å². The molecular weight excluding hydrogens is 434 g/mol. The molecule has 0 aliphatic heterocycles. The molecule has 1 heterocycles. The van der Waals surface area contributed by atoms with E-state index in [1.165, 1.54) is 12.3 Å². The molecular formula is C15H15BrF2N4O3S. The highest BCUT2D eigenvalue weighted by Gasteiger charge is 2.23. The SMILES string of the molecule is CCCS(=O)(=O)Nc1ccc(F)c(C(=O)Nc2cnc(N)c(Br)c2)c1F. The van der Waals surface area contributed by atoms with Gasteiger partial charge in [-0.15, -0.1) is 0 Å². The fourth-order valence-corrected chi connectivity index (χ4v) is 3.52. The topological polar surface area (TPSA) is 114 Å². The first kappa shape index (κ1) is 20.0. The number of nitrogens with two attached hydrogens (primary N) is 1. The summed E-state index contributed by atoms with van der Waals surface area (Å²) < 4.78 is 54.5. The van der Waals surface area contributed by atoms with Crippen molar-refractivity contribution in [2.75, 3.05) is 21.5 Å². The number of hydrogen-bond acceptors (Lipinski definition) is 5. The summed E-state index contributed by atoms with van der Waals surface area (Å²) in [5.41, 5.74) is 4.24. The van der Waals surface area contributed by atoms with Crippen LogP contribution < -0.4 is 15.8 Å². The van der Waals surface area contributed by atoms with E-state index >= 15 is 0 Å². The van der Waals surface area contributed by atoms with Gasteiger partial charge in [0.15, 0.2) is 5.82 Å². The Labute approximate surface area is 157 Å². The van der Waals surface area contributed by atoms with Gasteiger partial charge < -0.3 is 11.1 Å². The van der Waals surface area contributed by atoms with Crippen LogP contribution >= 0.6 is 15.9 Å². The van der Waals surface area contributed by atoms with Gasteiger partial charge in [-0.2, -0.15) is 0 Å². The van der Waals surface area contributed by atoms with E-state index in [-0.39, 0.29) is 17.3 Å². The molecule has 2 rings (SSSR count). The molecule has 2 aromatic rings. The van der Waals surface area contributed by atoms with Crippen molar-refractivity contribution in [1.82, 2.24) is 4.98 Å². The third-order valence-corrected chi connectivity index (χ3v) is 5.30. The van der Waals surface area contributed by atoms with Crippen LogP contribution in [0.2, 0.25) is 0 Å². The minimum Gasteiger partial charge on any atom is -0.383 e. The van der Waals surface area contributed by atoms with Crippen molar-refractivity contribution in [3.63, 3.8) is 0 Å². The number of halogens is 3. The zero-order chi connectivity index (χ0) is 19.5. The van der Waals surface area contributed by atoms with E-state index < -0.39 is 38.8 Å². The fraction of sp³-hybridized carbons (Fsp3) is 0.200. The molecule has 0 spiro atoms. The summed E-state index contributed by atoms with van der Waals surface area (Å²) in [7, 11) is -3.81. The van der Waals surface area contributed by atoms with E-state index in [2.05, 4.69) is 26.2 Å². The number of amides is 1. The first-order valence-corrected chi connectivity index (χ1v) is 9.80. The molecule has 0 saturated carbocycles. The fourth-order valence-electron chi connectivity index (χ4n) is 2.04. The zero-order valence-electron chi connectivity index (χ0n) is 13.5. The van der Waals surface area contributed by atoms with Crippen LogP contribution in [0.5, 0.6) is 0 Å². The van der Waals surface area contributed by atoms with Crippen molar-refractivity contribution < 1.29 is 22.0 Å². The number of nitrogens with zero attached hydrogens (tertiary/aromatic N) is 1. The second-order valence-corrected chi connectivity index (χ2v) is 7.95. The van der Waals surface area contributed by atoms with Crippen LogP contribution in [0, 0.1) is 11.6 Å². The number of aromatic nitrogens is 1. The quantitative estimate of drug-likeness (QED) is 0.627. The van der Waals surface area contributed by atoms with Crippen LogP contribution in [0.15, 0.2) is 28.9 Å². The number of benzene rings is 1. The average molecular weight is 449 g/mol. The minimum atomic E-state index is -3.81. The molecule has 140 valence electrons. The summed E-state index contributed by atoms with van der Waals surface area (Å²) in [5.74, 6) is -3.62. The number of hydrogen-bond donors (Lipinski definition) is 3. The molecule has 0 unspecified atom stereocenters. The number of rotatable bonds is 6. The third-order valence-electron chi connectivity index (χ3n) is 3.18. The van der Waals surface area contributed by atoms with Gasteiger partial charge in [0.25, 0.3) is 5.91 Å². The van der Waals surface area contributed by atoms with Crippen molar-refractivity contribution >= 4 is 49.1 Å². The lowest BCUT2D eigenvalue weighted by Crippen LogP contribution is -2.20. The lowest BCUT2D eigenvalue weighted by atomic mass is 10.1. The Balaban J connectivity index is 2.34. The zero-order valence-corrected chi connectivity index (χ0v) is 15.9. The van der Waals surface area contributed by atoms with Gasteiger partial charge in [0.2, 0.25) is 10.0 Å². The highest BCUT2D eigenvalue weighted by atomic mass is 79.9. The molecule has 0 saturated heterocycles. The molecule has 0 atom stereocenters. The maximum Gasteiger partial charge on any atom is 0.261 e. The second-order valence-electron chi connectivity index (χ2n) is 5.25. The molecule has 0 fully saturated rings. The Hall–Kier alpha value is -2.27. The Bertz CT molecular complexity index is 954. The van der Waals surface area contributed by atoms with Gasteiger partial charge in [-0.1, -0.05) is 6.92 Å². The summed E-state index contributed by atoms with van der Waals surface area (Å²) in [5, 5.41) is 2.28. The van der Waals surface area contributed by atoms with Crippen LogP contribution in [0.1, 0.15) is 23.7 Å². The maximum atomic E-state index is 14.5. The molecule has 1 amide bonds. The molecule has 0 bridgehead atoms. The molecule has 7 nitrogen and oxygen atoms in total. The lowest BCUT2D eigenvalue weighted by molar-refractivity contribution is 0.101. The van der Waals surface area contributed by atoms with Crippen molar-refractivity contribution in [2.24, 2.45) is 0 Å². The molecule has 1 aromatic heterocycles. The van der Waals surface area contributed by atoms with E-state index in [4.69, 9.17) is 5.73 Å². The minimum absolute atomic E-state index is 0.145. The summed E-state index contributed by atoms with van der Waals surface area (Å²) in [6.45, 7) is 1.64. The standard InChI is InChI=1S/C15H15BrF2N4O3S/c1-2-5-26(24,25)22-11-4-3-10(17)12(13(11)18)15(23)21-8-6-9(16)14(19)20-7-8/h3-4,6-7,22H,2,5H2,1H3,(H2,19,20)(H,21,23). The Kier molecular flexibility index (Phi) is 6.13. The van der Waals surface area contributed by atoms with E-state index in [0.29, 0.717) is 10.9 Å². The van der Waals surface area contributed by atoms with Crippen molar-refractivity contribution in [3.8, 4) is 0 Å². The van der Waals surface area contributed by atoms with Crippen molar-refractivity contribution in [3.05, 3.63) is 46.1 Å². The number of carbonyl (C=O) groups excluding carboxylic acids is 1. The Morgan fingerprint density at radius 3 is 2.65 bits per heavy atom. The van der Waals surface area contributed by atoms with Gasteiger partial charge in [-0.05, 0) is 40.5 Å². The first-order valence-electron chi connectivity index (χ1n) is 7.35. The van der Waals surface area contributed by atoms with E-state index in [0.717, 1.165) is 12.1 Å². The molecule has 0 aliphatic rings. The molecule has 0 aliphatic carbocycles. The number of nitrogen functional groups attached to an aromatic ring is 1. The van der Waals surface area contributed by atoms with Gasteiger partial charge >= 0.3 is 0 Å². The molecule has 0 radical (unpaired) electrons. The first-order chi connectivity index (χ1) is 12.1. The summed E-state index contributed by atoms with van der Waals surface area (Å²) in [6, 6.07) is 3.12. The van der Waals surface area contributed by atoms with Crippen LogP contribution in [0.25, 0.3) is 0 Å². The normalized spacial score (nSPS) is 11.2. The van der Waals surface area contributed by atoms with Crippen molar-refractivity contribution in [1.29, 1.82) is 0 Å². The lowest BCUT2D eigenvalue weighted by Gasteiger charge is -2.12. The predicted molar refractivity (Wildman–Crippen MR) is 98.4 cm³/mol. The number of nitrogens with one attached hydrogen (secondary N) is 2. The maximum absolute atomic E-state index is 14.5. The molecule has 11 heteroatoms. The highest BCUT2D eigenvalue weighted by molar-refractivity contribution is 9.10. The molecule has 4 N–H and O–H groups in total. The van der Waals surface area contributed by atoms with E-state index in [9.17, 15) is 22.0 Å². The van der Waals surface area contributed by atoms with Gasteiger partial charge in [-0.25, -0.2) is 22.2 Å². The summed E-state index contributed by atoms with van der Waals surface area (Å²) in [6.07, 6.45) is 1.52.